The van der Waals surface area contributed by atoms with E-state index in [-0.39, 0.29) is 12.5 Å². The Morgan fingerprint density at radius 2 is 1.88 bits per heavy atom. The fraction of sp³-hybridized carbons (Fsp3) is 0.818. The molecule has 0 spiro atoms. The second-order valence-corrected chi connectivity index (χ2v) is 4.04. The molecule has 0 aliphatic carbocycles. The van der Waals surface area contributed by atoms with Gasteiger partial charge in [-0.3, -0.25) is 4.79 Å². The zero-order chi connectivity index (χ0) is 12.5. The van der Waals surface area contributed by atoms with Crippen molar-refractivity contribution in [3.05, 3.63) is 0 Å². The Bertz CT molecular complexity index is 252. The molecule has 17 heavy (non-hydrogen) atoms. The number of carboxylic acid groups (broad SMARTS) is 1. The highest BCUT2D eigenvalue weighted by molar-refractivity contribution is 5.74. The maximum Gasteiger partial charge on any atom is 0.317 e. The lowest BCUT2D eigenvalue weighted by molar-refractivity contribution is -0.137. The maximum absolute atomic E-state index is 11.6. The molecule has 1 rings (SSSR count). The third-order valence-electron chi connectivity index (χ3n) is 2.64. The number of aliphatic carboxylic acids is 1. The molecule has 1 aliphatic heterocycles. The monoisotopic (exact) mass is 244 g/mol. The summed E-state index contributed by atoms with van der Waals surface area (Å²) in [6.45, 7) is 3.10. The second kappa shape index (κ2) is 7.89. The number of ether oxygens (including phenoxy) is 1. The van der Waals surface area contributed by atoms with Crippen LogP contribution in [-0.2, 0) is 9.53 Å². The lowest BCUT2D eigenvalue weighted by atomic mass is 10.2. The number of unbranched alkanes of at least 4 members (excludes halogenated alkanes) is 2. The van der Waals surface area contributed by atoms with E-state index in [0.29, 0.717) is 39.3 Å². The van der Waals surface area contributed by atoms with Gasteiger partial charge in [0.05, 0.1) is 13.2 Å². The highest BCUT2D eigenvalue weighted by Gasteiger charge is 2.15. The molecule has 1 aliphatic rings. The fourth-order valence-corrected chi connectivity index (χ4v) is 1.65. The minimum absolute atomic E-state index is 0.0495. The molecule has 2 amide bonds. The Balaban J connectivity index is 1.98. The molecule has 1 heterocycles. The zero-order valence-electron chi connectivity index (χ0n) is 9.98. The number of carbonyl (C=O) groups is 2. The van der Waals surface area contributed by atoms with Gasteiger partial charge in [0.15, 0.2) is 0 Å². The average Bonchev–Trinajstić information content (AvgIpc) is 2.34. The molecular weight excluding hydrogens is 224 g/mol. The Labute approximate surface area is 101 Å². The Morgan fingerprint density at radius 3 is 2.53 bits per heavy atom. The standard InChI is InChI=1S/C11H20N2O4/c14-10(15)4-2-1-3-5-12-11(16)13-6-8-17-9-7-13/h1-9H2,(H,12,16)(H,14,15). The summed E-state index contributed by atoms with van der Waals surface area (Å²) in [6.07, 6.45) is 2.53. The van der Waals surface area contributed by atoms with Crippen molar-refractivity contribution >= 4 is 12.0 Å². The van der Waals surface area contributed by atoms with Crippen LogP contribution in [0.2, 0.25) is 0 Å². The normalized spacial score (nSPS) is 15.6. The summed E-state index contributed by atoms with van der Waals surface area (Å²) in [5.41, 5.74) is 0. The van der Waals surface area contributed by atoms with Crippen molar-refractivity contribution in [1.82, 2.24) is 10.2 Å². The Morgan fingerprint density at radius 1 is 1.18 bits per heavy atom. The molecule has 0 saturated carbocycles. The summed E-state index contributed by atoms with van der Waals surface area (Å²) in [5.74, 6) is -0.762. The first-order chi connectivity index (χ1) is 8.20. The summed E-state index contributed by atoms with van der Waals surface area (Å²) in [6, 6.07) is -0.0495. The Hall–Kier alpha value is -1.30. The predicted octanol–water partition coefficient (Wildman–Crippen LogP) is 0.673. The van der Waals surface area contributed by atoms with E-state index in [2.05, 4.69) is 5.32 Å². The number of carboxylic acids is 1. The second-order valence-electron chi connectivity index (χ2n) is 4.04. The van der Waals surface area contributed by atoms with Crippen molar-refractivity contribution in [2.24, 2.45) is 0 Å². The van der Waals surface area contributed by atoms with E-state index in [1.165, 1.54) is 0 Å². The number of morpholine rings is 1. The van der Waals surface area contributed by atoms with Crippen molar-refractivity contribution in [2.45, 2.75) is 25.7 Å². The van der Waals surface area contributed by atoms with Gasteiger partial charge in [-0.25, -0.2) is 4.79 Å². The van der Waals surface area contributed by atoms with Crippen molar-refractivity contribution in [1.29, 1.82) is 0 Å². The molecule has 0 aromatic heterocycles. The number of nitrogens with zero attached hydrogens (tertiary/aromatic N) is 1. The number of nitrogens with one attached hydrogen (secondary N) is 1. The molecule has 1 saturated heterocycles. The minimum Gasteiger partial charge on any atom is -0.481 e. The number of rotatable bonds is 6. The third kappa shape index (κ3) is 6.11. The van der Waals surface area contributed by atoms with E-state index in [1.807, 2.05) is 0 Å². The largest absolute Gasteiger partial charge is 0.481 e. The van der Waals surface area contributed by atoms with Gasteiger partial charge in [-0.05, 0) is 12.8 Å². The van der Waals surface area contributed by atoms with Crippen LogP contribution in [0.5, 0.6) is 0 Å². The summed E-state index contributed by atoms with van der Waals surface area (Å²) < 4.78 is 5.15. The van der Waals surface area contributed by atoms with Crippen LogP contribution in [0.15, 0.2) is 0 Å². The van der Waals surface area contributed by atoms with E-state index < -0.39 is 5.97 Å². The van der Waals surface area contributed by atoms with Crippen LogP contribution < -0.4 is 5.32 Å². The Kier molecular flexibility index (Phi) is 6.39. The number of hydrogen-bond donors (Lipinski definition) is 2. The van der Waals surface area contributed by atoms with Crippen LogP contribution in [0.25, 0.3) is 0 Å². The van der Waals surface area contributed by atoms with E-state index in [0.717, 1.165) is 12.8 Å². The molecule has 0 unspecified atom stereocenters. The quantitative estimate of drug-likeness (QED) is 0.673. The van der Waals surface area contributed by atoms with Gasteiger partial charge in [-0.15, -0.1) is 0 Å². The topological polar surface area (TPSA) is 78.9 Å². The number of carbonyl (C=O) groups excluding carboxylic acids is 1. The van der Waals surface area contributed by atoms with E-state index >= 15 is 0 Å². The molecule has 6 nitrogen and oxygen atoms in total. The fourth-order valence-electron chi connectivity index (χ4n) is 1.65. The van der Waals surface area contributed by atoms with Crippen LogP contribution in [0.1, 0.15) is 25.7 Å². The van der Waals surface area contributed by atoms with Gasteiger partial charge in [0, 0.05) is 26.1 Å². The summed E-state index contributed by atoms with van der Waals surface area (Å²) in [7, 11) is 0. The van der Waals surface area contributed by atoms with Crippen molar-refractivity contribution in [3.63, 3.8) is 0 Å². The third-order valence-corrected chi connectivity index (χ3v) is 2.64. The molecule has 6 heteroatoms. The summed E-state index contributed by atoms with van der Waals surface area (Å²) in [4.78, 5) is 23.6. The first-order valence-corrected chi connectivity index (χ1v) is 6.02. The summed E-state index contributed by atoms with van der Waals surface area (Å²) in [5, 5.41) is 11.3. The summed E-state index contributed by atoms with van der Waals surface area (Å²) >= 11 is 0. The smallest absolute Gasteiger partial charge is 0.317 e. The maximum atomic E-state index is 11.6. The molecule has 0 bridgehead atoms. The highest BCUT2D eigenvalue weighted by Crippen LogP contribution is 2.00. The van der Waals surface area contributed by atoms with Gasteiger partial charge >= 0.3 is 12.0 Å². The minimum atomic E-state index is -0.762. The first-order valence-electron chi connectivity index (χ1n) is 6.02. The van der Waals surface area contributed by atoms with Gasteiger partial charge in [0.1, 0.15) is 0 Å². The van der Waals surface area contributed by atoms with Crippen LogP contribution in [0.3, 0.4) is 0 Å². The van der Waals surface area contributed by atoms with Crippen molar-refractivity contribution in [3.8, 4) is 0 Å². The van der Waals surface area contributed by atoms with Crippen LogP contribution in [0.4, 0.5) is 4.79 Å². The van der Waals surface area contributed by atoms with E-state index in [9.17, 15) is 9.59 Å². The van der Waals surface area contributed by atoms with Gasteiger partial charge in [0.2, 0.25) is 0 Å². The molecule has 0 aromatic carbocycles. The first kappa shape index (κ1) is 13.8. The number of amides is 2. The van der Waals surface area contributed by atoms with Crippen molar-refractivity contribution in [2.75, 3.05) is 32.8 Å². The lowest BCUT2D eigenvalue weighted by Crippen LogP contribution is -2.46. The lowest BCUT2D eigenvalue weighted by Gasteiger charge is -2.26. The zero-order valence-corrected chi connectivity index (χ0v) is 9.98. The van der Waals surface area contributed by atoms with Gasteiger partial charge in [-0.2, -0.15) is 0 Å². The molecule has 0 atom stereocenters. The average molecular weight is 244 g/mol. The molecule has 2 N–H and O–H groups in total. The number of urea groups is 1. The predicted molar refractivity (Wildman–Crippen MR) is 61.9 cm³/mol. The van der Waals surface area contributed by atoms with E-state index in [1.54, 1.807) is 4.90 Å². The van der Waals surface area contributed by atoms with Crippen LogP contribution in [0, 0.1) is 0 Å². The van der Waals surface area contributed by atoms with Crippen LogP contribution in [-0.4, -0.2) is 54.9 Å². The van der Waals surface area contributed by atoms with E-state index in [4.69, 9.17) is 9.84 Å². The highest BCUT2D eigenvalue weighted by atomic mass is 16.5. The molecule has 0 radical (unpaired) electrons. The van der Waals surface area contributed by atoms with Gasteiger partial charge in [0.25, 0.3) is 0 Å². The molecule has 0 aromatic rings. The van der Waals surface area contributed by atoms with Crippen LogP contribution >= 0.6 is 0 Å². The number of hydrogen-bond acceptors (Lipinski definition) is 3. The van der Waals surface area contributed by atoms with Gasteiger partial charge < -0.3 is 20.1 Å². The molecule has 1 fully saturated rings. The van der Waals surface area contributed by atoms with Gasteiger partial charge in [-0.1, -0.05) is 6.42 Å². The SMILES string of the molecule is O=C(O)CCCCCNC(=O)N1CCOCC1. The van der Waals surface area contributed by atoms with Crippen molar-refractivity contribution < 1.29 is 19.4 Å². The molecular formula is C11H20N2O4. The molecule has 98 valence electrons.